The van der Waals surface area contributed by atoms with Gasteiger partial charge in [0.15, 0.2) is 0 Å². The summed E-state index contributed by atoms with van der Waals surface area (Å²) in [6.07, 6.45) is 0.133. The monoisotopic (exact) mass is 260 g/mol. The van der Waals surface area contributed by atoms with Gasteiger partial charge in [-0.1, -0.05) is 30.3 Å². The third-order valence-electron chi connectivity index (χ3n) is 2.18. The Balaban J connectivity index is 2.51. The Bertz CT molecular complexity index is 327. The zero-order valence-electron chi connectivity index (χ0n) is 9.03. The SMILES string of the molecule is CC(OC(=O)C(Cl)CCCl)c1ccccc1. The molecule has 0 spiro atoms. The van der Waals surface area contributed by atoms with Crippen LogP contribution in [0.15, 0.2) is 30.3 Å². The van der Waals surface area contributed by atoms with Gasteiger partial charge in [0.05, 0.1) is 0 Å². The molecule has 0 aliphatic carbocycles. The van der Waals surface area contributed by atoms with Crippen molar-refractivity contribution in [2.75, 3.05) is 5.88 Å². The molecule has 2 unspecified atom stereocenters. The van der Waals surface area contributed by atoms with Crippen LogP contribution in [0.4, 0.5) is 0 Å². The number of esters is 1. The lowest BCUT2D eigenvalue weighted by Gasteiger charge is -2.15. The lowest BCUT2D eigenvalue weighted by atomic mass is 10.1. The first-order valence-electron chi connectivity index (χ1n) is 5.10. The fourth-order valence-electron chi connectivity index (χ4n) is 1.25. The second-order valence-electron chi connectivity index (χ2n) is 3.43. The Morgan fingerprint density at radius 2 is 2.00 bits per heavy atom. The van der Waals surface area contributed by atoms with Crippen LogP contribution in [0, 0.1) is 0 Å². The second kappa shape index (κ2) is 6.77. The Labute approximate surface area is 106 Å². The van der Waals surface area contributed by atoms with Crippen molar-refractivity contribution in [2.45, 2.75) is 24.8 Å². The van der Waals surface area contributed by atoms with Gasteiger partial charge < -0.3 is 4.74 Å². The summed E-state index contributed by atoms with van der Waals surface area (Å²) < 4.78 is 5.22. The normalized spacial score (nSPS) is 14.2. The summed E-state index contributed by atoms with van der Waals surface area (Å²) in [5.41, 5.74) is 0.950. The Morgan fingerprint density at radius 1 is 1.38 bits per heavy atom. The van der Waals surface area contributed by atoms with Gasteiger partial charge in [0.25, 0.3) is 0 Å². The van der Waals surface area contributed by atoms with Gasteiger partial charge in [0.2, 0.25) is 0 Å². The van der Waals surface area contributed by atoms with Gasteiger partial charge in [-0.2, -0.15) is 0 Å². The predicted molar refractivity (Wildman–Crippen MR) is 65.9 cm³/mol. The van der Waals surface area contributed by atoms with Crippen LogP contribution in [-0.2, 0) is 9.53 Å². The van der Waals surface area contributed by atoms with E-state index in [-0.39, 0.29) is 6.10 Å². The number of hydrogen-bond donors (Lipinski definition) is 0. The first-order chi connectivity index (χ1) is 7.65. The lowest BCUT2D eigenvalue weighted by molar-refractivity contribution is -0.148. The van der Waals surface area contributed by atoms with E-state index in [9.17, 15) is 4.79 Å². The molecular weight excluding hydrogens is 247 g/mol. The number of carbonyl (C=O) groups is 1. The molecule has 0 saturated heterocycles. The Morgan fingerprint density at radius 3 is 2.56 bits per heavy atom. The molecule has 1 aromatic rings. The highest BCUT2D eigenvalue weighted by molar-refractivity contribution is 6.30. The molecule has 0 N–H and O–H groups in total. The van der Waals surface area contributed by atoms with E-state index in [1.165, 1.54) is 0 Å². The maximum Gasteiger partial charge on any atom is 0.324 e. The topological polar surface area (TPSA) is 26.3 Å². The van der Waals surface area contributed by atoms with Crippen molar-refractivity contribution in [2.24, 2.45) is 0 Å². The summed E-state index contributed by atoms with van der Waals surface area (Å²) in [5.74, 6) is -0.0677. The quantitative estimate of drug-likeness (QED) is 0.598. The van der Waals surface area contributed by atoms with Crippen LogP contribution >= 0.6 is 23.2 Å². The maximum absolute atomic E-state index is 11.5. The first-order valence-corrected chi connectivity index (χ1v) is 6.07. The third kappa shape index (κ3) is 4.03. The van der Waals surface area contributed by atoms with Crippen LogP contribution in [0.25, 0.3) is 0 Å². The molecule has 2 nitrogen and oxygen atoms in total. The summed E-state index contributed by atoms with van der Waals surface area (Å²) in [5, 5.41) is -0.663. The van der Waals surface area contributed by atoms with Gasteiger partial charge in [0.1, 0.15) is 11.5 Å². The molecule has 88 valence electrons. The van der Waals surface area contributed by atoms with Crippen LogP contribution in [0.1, 0.15) is 25.0 Å². The largest absolute Gasteiger partial charge is 0.457 e. The highest BCUT2D eigenvalue weighted by atomic mass is 35.5. The number of hydrogen-bond acceptors (Lipinski definition) is 2. The van der Waals surface area contributed by atoms with E-state index in [1.807, 2.05) is 37.3 Å². The summed E-state index contributed by atoms with van der Waals surface area (Å²) in [6.45, 7) is 1.82. The van der Waals surface area contributed by atoms with Gasteiger partial charge in [-0.3, -0.25) is 4.79 Å². The van der Waals surface area contributed by atoms with E-state index in [2.05, 4.69) is 0 Å². The zero-order chi connectivity index (χ0) is 12.0. The molecule has 2 atom stereocenters. The highest BCUT2D eigenvalue weighted by Gasteiger charge is 2.19. The second-order valence-corrected chi connectivity index (χ2v) is 4.34. The molecule has 4 heteroatoms. The molecule has 0 fully saturated rings. The molecule has 0 aliphatic rings. The van der Waals surface area contributed by atoms with Gasteiger partial charge in [-0.25, -0.2) is 0 Å². The van der Waals surface area contributed by atoms with E-state index in [0.717, 1.165) is 5.56 Å². The predicted octanol–water partition coefficient (Wildman–Crippen LogP) is 3.53. The van der Waals surface area contributed by atoms with Gasteiger partial charge in [0, 0.05) is 5.88 Å². The molecule has 0 aromatic heterocycles. The minimum absolute atomic E-state index is 0.287. The summed E-state index contributed by atoms with van der Waals surface area (Å²) in [6, 6.07) is 9.52. The van der Waals surface area contributed by atoms with Gasteiger partial charge in [-0.05, 0) is 18.9 Å². The van der Waals surface area contributed by atoms with Crippen LogP contribution in [0.5, 0.6) is 0 Å². The van der Waals surface area contributed by atoms with Crippen molar-refractivity contribution >= 4 is 29.2 Å². The van der Waals surface area contributed by atoms with Crippen molar-refractivity contribution in [3.8, 4) is 0 Å². The minimum atomic E-state index is -0.663. The van der Waals surface area contributed by atoms with Crippen LogP contribution in [0.3, 0.4) is 0 Å². The number of alkyl halides is 2. The lowest BCUT2D eigenvalue weighted by Crippen LogP contribution is -2.20. The Hall–Kier alpha value is -0.730. The van der Waals surface area contributed by atoms with Crippen molar-refractivity contribution in [3.63, 3.8) is 0 Å². The molecule has 0 saturated carbocycles. The van der Waals surface area contributed by atoms with E-state index in [1.54, 1.807) is 0 Å². The number of benzene rings is 1. The zero-order valence-corrected chi connectivity index (χ0v) is 10.5. The van der Waals surface area contributed by atoms with Crippen LogP contribution in [-0.4, -0.2) is 17.2 Å². The van der Waals surface area contributed by atoms with Crippen molar-refractivity contribution in [1.82, 2.24) is 0 Å². The molecule has 0 heterocycles. The average Bonchev–Trinajstić information content (AvgIpc) is 2.30. The van der Waals surface area contributed by atoms with Crippen molar-refractivity contribution in [3.05, 3.63) is 35.9 Å². The van der Waals surface area contributed by atoms with E-state index >= 15 is 0 Å². The Kier molecular flexibility index (Phi) is 5.64. The van der Waals surface area contributed by atoms with Gasteiger partial charge >= 0.3 is 5.97 Å². The van der Waals surface area contributed by atoms with Crippen LogP contribution < -0.4 is 0 Å². The highest BCUT2D eigenvalue weighted by Crippen LogP contribution is 2.18. The first kappa shape index (κ1) is 13.3. The summed E-state index contributed by atoms with van der Waals surface area (Å²) >= 11 is 11.3. The van der Waals surface area contributed by atoms with Crippen molar-refractivity contribution < 1.29 is 9.53 Å². The number of halogens is 2. The van der Waals surface area contributed by atoms with Gasteiger partial charge in [-0.15, -0.1) is 23.2 Å². The molecular formula is C12H14Cl2O2. The summed E-state index contributed by atoms with van der Waals surface area (Å²) in [7, 11) is 0. The smallest absolute Gasteiger partial charge is 0.324 e. The van der Waals surface area contributed by atoms with Crippen molar-refractivity contribution in [1.29, 1.82) is 0 Å². The van der Waals surface area contributed by atoms with E-state index in [4.69, 9.17) is 27.9 Å². The number of carbonyl (C=O) groups excluding carboxylic acids is 1. The molecule has 0 radical (unpaired) electrons. The fraction of sp³-hybridized carbons (Fsp3) is 0.417. The number of ether oxygens (including phenoxy) is 1. The van der Waals surface area contributed by atoms with E-state index < -0.39 is 11.3 Å². The molecule has 0 bridgehead atoms. The molecule has 1 aromatic carbocycles. The van der Waals surface area contributed by atoms with E-state index in [0.29, 0.717) is 12.3 Å². The molecule has 1 rings (SSSR count). The average molecular weight is 261 g/mol. The van der Waals surface area contributed by atoms with Crippen LogP contribution in [0.2, 0.25) is 0 Å². The molecule has 0 amide bonds. The summed E-state index contributed by atoms with van der Waals surface area (Å²) in [4.78, 5) is 11.5. The molecule has 16 heavy (non-hydrogen) atoms. The molecule has 0 aliphatic heterocycles. The maximum atomic E-state index is 11.5. The number of rotatable bonds is 5. The minimum Gasteiger partial charge on any atom is -0.457 e. The fourth-order valence-corrected chi connectivity index (χ4v) is 1.74. The standard InChI is InChI=1S/C12H14Cl2O2/c1-9(10-5-3-2-4-6-10)16-12(15)11(14)7-8-13/h2-6,9,11H,7-8H2,1H3. The third-order valence-corrected chi connectivity index (χ3v) is 2.79.